The van der Waals surface area contributed by atoms with Crippen molar-refractivity contribution in [2.24, 2.45) is 5.73 Å². The molecule has 0 saturated heterocycles. The second-order valence-corrected chi connectivity index (χ2v) is 6.57. The molecular weight excluding hydrogens is 314 g/mol. The summed E-state index contributed by atoms with van der Waals surface area (Å²) in [6, 6.07) is 1.79. The van der Waals surface area contributed by atoms with Gasteiger partial charge in [0, 0.05) is 36.9 Å². The average Bonchev–Trinajstić information content (AvgIpc) is 3.04. The topological polar surface area (TPSA) is 89.4 Å². The molecule has 6 nitrogen and oxygen atoms in total. The highest BCUT2D eigenvalue weighted by Crippen LogP contribution is 2.28. The molecule has 124 valence electrons. The number of aryl methyl sites for hydroxylation is 1. The minimum atomic E-state index is -0.594. The maximum Gasteiger partial charge on any atom is 0.284 e. The van der Waals surface area contributed by atoms with Crippen molar-refractivity contribution in [3.05, 3.63) is 28.0 Å². The van der Waals surface area contributed by atoms with Crippen LogP contribution in [0.25, 0.3) is 11.3 Å². The zero-order chi connectivity index (χ0) is 17.1. The second kappa shape index (κ2) is 6.95. The van der Waals surface area contributed by atoms with E-state index >= 15 is 0 Å². The number of thiazole rings is 1. The number of carbonyl (C=O) groups excluding carboxylic acids is 2. The number of carbonyl (C=O) groups is 2. The number of primary amides is 1. The molecule has 0 aliphatic carbocycles. The summed E-state index contributed by atoms with van der Waals surface area (Å²) in [6.45, 7) is 7.98. The summed E-state index contributed by atoms with van der Waals surface area (Å²) < 4.78 is 5.34. The third-order valence-electron chi connectivity index (χ3n) is 3.58. The molecule has 0 aliphatic heterocycles. The first-order valence-corrected chi connectivity index (χ1v) is 8.29. The lowest BCUT2D eigenvalue weighted by molar-refractivity contribution is -0.130. The fourth-order valence-electron chi connectivity index (χ4n) is 2.40. The number of nitrogens with two attached hydrogens (primary N) is 1. The Morgan fingerprint density at radius 1 is 1.43 bits per heavy atom. The van der Waals surface area contributed by atoms with Crippen LogP contribution in [0.4, 0.5) is 0 Å². The Balaban J connectivity index is 2.12. The molecule has 2 aromatic rings. The van der Waals surface area contributed by atoms with Crippen LogP contribution in [-0.4, -0.2) is 34.3 Å². The van der Waals surface area contributed by atoms with Crippen molar-refractivity contribution < 1.29 is 14.0 Å². The number of nitrogens with zero attached hydrogens (tertiary/aromatic N) is 2. The van der Waals surface area contributed by atoms with Crippen LogP contribution in [0, 0.1) is 6.92 Å². The van der Waals surface area contributed by atoms with Gasteiger partial charge in [0.1, 0.15) is 5.76 Å². The SMILES string of the molecule is CC(=O)N(CCc1nc(-c2cc(C(N)=O)oc2C)cs1)C(C)C. The van der Waals surface area contributed by atoms with E-state index in [1.165, 1.54) is 11.3 Å². The van der Waals surface area contributed by atoms with Crippen LogP contribution in [-0.2, 0) is 11.2 Å². The number of furan rings is 1. The van der Waals surface area contributed by atoms with Crippen LogP contribution in [0.2, 0.25) is 0 Å². The number of hydrogen-bond acceptors (Lipinski definition) is 5. The van der Waals surface area contributed by atoms with Gasteiger partial charge in [0.05, 0.1) is 10.7 Å². The number of amides is 2. The standard InChI is InChI=1S/C16H21N3O3S/c1-9(2)19(11(4)20)6-5-15-18-13(8-23-15)12-7-14(16(17)21)22-10(12)3/h7-9H,5-6H2,1-4H3,(H2,17,21). The van der Waals surface area contributed by atoms with Gasteiger partial charge >= 0.3 is 0 Å². The first kappa shape index (κ1) is 17.2. The molecule has 0 aromatic carbocycles. The predicted octanol–water partition coefficient (Wildman–Crippen LogP) is 2.61. The minimum Gasteiger partial charge on any atom is -0.456 e. The van der Waals surface area contributed by atoms with E-state index in [1.807, 2.05) is 24.1 Å². The third kappa shape index (κ3) is 3.98. The Bertz CT molecular complexity index is 718. The smallest absolute Gasteiger partial charge is 0.284 e. The summed E-state index contributed by atoms with van der Waals surface area (Å²) in [5.74, 6) is 0.218. The van der Waals surface area contributed by atoms with Crippen molar-refractivity contribution >= 4 is 23.2 Å². The Morgan fingerprint density at radius 3 is 2.65 bits per heavy atom. The van der Waals surface area contributed by atoms with Crippen molar-refractivity contribution in [3.63, 3.8) is 0 Å². The molecule has 7 heteroatoms. The summed E-state index contributed by atoms with van der Waals surface area (Å²) in [5, 5.41) is 2.86. The van der Waals surface area contributed by atoms with Gasteiger partial charge in [-0.25, -0.2) is 4.98 Å². The molecule has 0 radical (unpaired) electrons. The normalized spacial score (nSPS) is 11.0. The van der Waals surface area contributed by atoms with Gasteiger partial charge in [-0.05, 0) is 26.8 Å². The van der Waals surface area contributed by atoms with Crippen molar-refractivity contribution in [2.75, 3.05) is 6.54 Å². The zero-order valence-corrected chi connectivity index (χ0v) is 14.6. The average molecular weight is 335 g/mol. The molecule has 2 heterocycles. The summed E-state index contributed by atoms with van der Waals surface area (Å²) in [6.07, 6.45) is 0.696. The number of rotatable bonds is 6. The molecule has 2 amide bonds. The first-order valence-electron chi connectivity index (χ1n) is 7.41. The number of aromatic nitrogens is 1. The van der Waals surface area contributed by atoms with Gasteiger partial charge in [0.15, 0.2) is 5.76 Å². The predicted molar refractivity (Wildman–Crippen MR) is 89.3 cm³/mol. The summed E-state index contributed by atoms with van der Waals surface area (Å²) in [7, 11) is 0. The van der Waals surface area contributed by atoms with Crippen LogP contribution >= 0.6 is 11.3 Å². The maximum absolute atomic E-state index is 11.6. The molecule has 0 aliphatic rings. The van der Waals surface area contributed by atoms with Gasteiger partial charge in [-0.1, -0.05) is 0 Å². The highest BCUT2D eigenvalue weighted by atomic mass is 32.1. The molecule has 0 bridgehead atoms. The molecule has 0 saturated carbocycles. The van der Waals surface area contributed by atoms with Gasteiger partial charge in [0.25, 0.3) is 5.91 Å². The van der Waals surface area contributed by atoms with Gasteiger partial charge in [-0.2, -0.15) is 0 Å². The Morgan fingerprint density at radius 2 is 2.13 bits per heavy atom. The van der Waals surface area contributed by atoms with Gasteiger partial charge < -0.3 is 15.1 Å². The highest BCUT2D eigenvalue weighted by Gasteiger charge is 2.17. The monoisotopic (exact) mass is 335 g/mol. The lowest BCUT2D eigenvalue weighted by atomic mass is 10.2. The van der Waals surface area contributed by atoms with Crippen LogP contribution in [0.1, 0.15) is 42.1 Å². The maximum atomic E-state index is 11.6. The molecular formula is C16H21N3O3S. The van der Waals surface area contributed by atoms with Gasteiger partial charge in [-0.15, -0.1) is 11.3 Å². The largest absolute Gasteiger partial charge is 0.456 e. The Labute approximate surface area is 139 Å². The van der Waals surface area contributed by atoms with E-state index in [2.05, 4.69) is 4.98 Å². The van der Waals surface area contributed by atoms with E-state index < -0.39 is 5.91 Å². The van der Waals surface area contributed by atoms with E-state index in [0.717, 1.165) is 16.3 Å². The fourth-order valence-corrected chi connectivity index (χ4v) is 3.19. The molecule has 23 heavy (non-hydrogen) atoms. The van der Waals surface area contributed by atoms with E-state index in [-0.39, 0.29) is 17.7 Å². The second-order valence-electron chi connectivity index (χ2n) is 5.63. The van der Waals surface area contributed by atoms with Crippen LogP contribution < -0.4 is 5.73 Å². The Kier molecular flexibility index (Phi) is 5.20. The molecule has 2 N–H and O–H groups in total. The summed E-state index contributed by atoms with van der Waals surface area (Å²) in [5.41, 5.74) is 6.76. The minimum absolute atomic E-state index is 0.0635. The molecule has 0 atom stereocenters. The molecule has 2 aromatic heterocycles. The number of hydrogen-bond donors (Lipinski definition) is 1. The summed E-state index contributed by atoms with van der Waals surface area (Å²) >= 11 is 1.53. The fraction of sp³-hybridized carbons (Fsp3) is 0.438. The lowest BCUT2D eigenvalue weighted by Crippen LogP contribution is -2.36. The van der Waals surface area contributed by atoms with E-state index in [1.54, 1.807) is 19.9 Å². The van der Waals surface area contributed by atoms with Crippen LogP contribution in [0.5, 0.6) is 0 Å². The third-order valence-corrected chi connectivity index (χ3v) is 4.49. The first-order chi connectivity index (χ1) is 10.8. The van der Waals surface area contributed by atoms with Crippen molar-refractivity contribution in [3.8, 4) is 11.3 Å². The van der Waals surface area contributed by atoms with Gasteiger partial charge in [-0.3, -0.25) is 9.59 Å². The zero-order valence-electron chi connectivity index (χ0n) is 13.8. The van der Waals surface area contributed by atoms with Crippen molar-refractivity contribution in [2.45, 2.75) is 40.2 Å². The van der Waals surface area contributed by atoms with E-state index in [9.17, 15) is 9.59 Å². The highest BCUT2D eigenvalue weighted by molar-refractivity contribution is 7.09. The van der Waals surface area contributed by atoms with Crippen LogP contribution in [0.3, 0.4) is 0 Å². The molecule has 0 spiro atoms. The molecule has 0 unspecified atom stereocenters. The van der Waals surface area contributed by atoms with E-state index in [0.29, 0.717) is 18.7 Å². The van der Waals surface area contributed by atoms with E-state index in [4.69, 9.17) is 10.2 Å². The van der Waals surface area contributed by atoms with Crippen molar-refractivity contribution in [1.29, 1.82) is 0 Å². The van der Waals surface area contributed by atoms with Gasteiger partial charge in [0.2, 0.25) is 5.91 Å². The summed E-state index contributed by atoms with van der Waals surface area (Å²) in [4.78, 5) is 29.2. The lowest BCUT2D eigenvalue weighted by Gasteiger charge is -2.24. The Hall–Kier alpha value is -2.15. The van der Waals surface area contributed by atoms with Crippen LogP contribution in [0.15, 0.2) is 15.9 Å². The quantitative estimate of drug-likeness (QED) is 0.878. The molecule has 2 rings (SSSR count). The molecule has 0 fully saturated rings. The van der Waals surface area contributed by atoms with Crippen molar-refractivity contribution in [1.82, 2.24) is 9.88 Å².